The summed E-state index contributed by atoms with van der Waals surface area (Å²) in [5.74, 6) is 0. The van der Waals surface area contributed by atoms with E-state index in [4.69, 9.17) is 4.42 Å². The molecule has 0 spiro atoms. The van der Waals surface area contributed by atoms with Crippen LogP contribution in [0, 0.1) is 0 Å². The second-order valence-corrected chi connectivity index (χ2v) is 2.88. The second-order valence-electron chi connectivity index (χ2n) is 2.88. The van der Waals surface area contributed by atoms with Gasteiger partial charge >= 0.3 is 0 Å². The first-order valence-electron chi connectivity index (χ1n) is 4.18. The molecule has 2 aromatic heterocycles. The first-order valence-corrected chi connectivity index (χ1v) is 4.18. The van der Waals surface area contributed by atoms with Crippen LogP contribution in [0.3, 0.4) is 0 Å². The van der Waals surface area contributed by atoms with Gasteiger partial charge in [-0.25, -0.2) is 0 Å². The molecule has 2 heterocycles. The molecule has 0 aliphatic heterocycles. The van der Waals surface area contributed by atoms with Gasteiger partial charge < -0.3 is 4.42 Å². The van der Waals surface area contributed by atoms with Crippen LogP contribution in [0.15, 0.2) is 16.5 Å². The van der Waals surface area contributed by atoms with E-state index in [2.05, 4.69) is 26.0 Å². The Bertz CT molecular complexity index is 312. The van der Waals surface area contributed by atoms with Gasteiger partial charge in [0.25, 0.3) is 0 Å². The van der Waals surface area contributed by atoms with E-state index in [-0.39, 0.29) is 0 Å². The minimum Gasteiger partial charge on any atom is -0.457 e. The second kappa shape index (κ2) is 2.26. The van der Waals surface area contributed by atoms with Crippen molar-refractivity contribution >= 4 is 11.2 Å². The minimum absolute atomic E-state index is 1.08. The first kappa shape index (κ1) is 6.71. The van der Waals surface area contributed by atoms with Gasteiger partial charge in [-0.05, 0) is 36.1 Å². The van der Waals surface area contributed by atoms with E-state index in [1.165, 1.54) is 11.1 Å². The van der Waals surface area contributed by atoms with E-state index >= 15 is 0 Å². The van der Waals surface area contributed by atoms with Crippen molar-refractivity contribution in [1.29, 1.82) is 0 Å². The largest absolute Gasteiger partial charge is 0.457 e. The van der Waals surface area contributed by atoms with Gasteiger partial charge in [0.05, 0.1) is 0 Å². The Morgan fingerprint density at radius 1 is 1.00 bits per heavy atom. The molecule has 58 valence electrons. The van der Waals surface area contributed by atoms with Crippen LogP contribution in [0.25, 0.3) is 11.2 Å². The van der Waals surface area contributed by atoms with Crippen molar-refractivity contribution in [1.82, 2.24) is 0 Å². The highest BCUT2D eigenvalue weighted by molar-refractivity contribution is 5.70. The fourth-order valence-electron chi connectivity index (χ4n) is 1.51. The van der Waals surface area contributed by atoms with Crippen molar-refractivity contribution in [3.63, 3.8) is 0 Å². The van der Waals surface area contributed by atoms with Gasteiger partial charge in [0.15, 0.2) is 0 Å². The zero-order chi connectivity index (χ0) is 7.84. The Morgan fingerprint density at radius 3 is 1.73 bits per heavy atom. The van der Waals surface area contributed by atoms with E-state index in [1.54, 1.807) is 0 Å². The highest BCUT2D eigenvalue weighted by atomic mass is 16.3. The Labute approximate surface area is 66.3 Å². The lowest BCUT2D eigenvalue weighted by Gasteiger charge is -1.91. The third kappa shape index (κ3) is 0.839. The van der Waals surface area contributed by atoms with Crippen molar-refractivity contribution in [3.05, 3.63) is 23.3 Å². The lowest BCUT2D eigenvalue weighted by molar-refractivity contribution is 0.670. The third-order valence-electron chi connectivity index (χ3n) is 2.23. The molecular formula is C10H12O. The van der Waals surface area contributed by atoms with Gasteiger partial charge in [-0.1, -0.05) is 13.8 Å². The number of hydrogen-bond acceptors (Lipinski definition) is 1. The Morgan fingerprint density at radius 2 is 1.45 bits per heavy atom. The van der Waals surface area contributed by atoms with Gasteiger partial charge in [0, 0.05) is 0 Å². The third-order valence-corrected chi connectivity index (χ3v) is 2.23. The monoisotopic (exact) mass is 148 g/mol. The fourth-order valence-corrected chi connectivity index (χ4v) is 1.51. The summed E-state index contributed by atoms with van der Waals surface area (Å²) >= 11 is 0. The molecule has 2 rings (SSSR count). The summed E-state index contributed by atoms with van der Waals surface area (Å²) in [6.45, 7) is 4.31. The van der Waals surface area contributed by atoms with Crippen molar-refractivity contribution in [2.75, 3.05) is 0 Å². The van der Waals surface area contributed by atoms with Crippen molar-refractivity contribution in [3.8, 4) is 0 Å². The van der Waals surface area contributed by atoms with Gasteiger partial charge in [-0.3, -0.25) is 0 Å². The SMILES string of the molecule is CCc1cc2oc1cc2CC. The maximum Gasteiger partial charge on any atom is 0.131 e. The highest BCUT2D eigenvalue weighted by Gasteiger charge is 2.09. The molecule has 0 amide bonds. The Kier molecular flexibility index (Phi) is 1.38. The summed E-state index contributed by atoms with van der Waals surface area (Å²) in [6, 6.07) is 4.32. The summed E-state index contributed by atoms with van der Waals surface area (Å²) in [7, 11) is 0. The zero-order valence-corrected chi connectivity index (χ0v) is 6.98. The van der Waals surface area contributed by atoms with Gasteiger partial charge in [0.1, 0.15) is 11.2 Å². The molecule has 0 aliphatic rings. The van der Waals surface area contributed by atoms with Gasteiger partial charge in [0.2, 0.25) is 0 Å². The van der Waals surface area contributed by atoms with Crippen LogP contribution >= 0.6 is 0 Å². The standard InChI is InChI=1S/C10H12O/c1-3-7-5-10-8(4-2)6-9(7)11-10/h5-6H,3-4H2,1-2H3. The van der Waals surface area contributed by atoms with E-state index in [0.29, 0.717) is 0 Å². The fraction of sp³-hybridized carbons (Fsp3) is 0.400. The van der Waals surface area contributed by atoms with E-state index < -0.39 is 0 Å². The quantitative estimate of drug-likeness (QED) is 0.638. The summed E-state index contributed by atoms with van der Waals surface area (Å²) in [5.41, 5.74) is 4.85. The molecule has 0 saturated heterocycles. The zero-order valence-electron chi connectivity index (χ0n) is 6.98. The van der Waals surface area contributed by atoms with Crippen LogP contribution in [0.1, 0.15) is 25.0 Å². The average molecular weight is 148 g/mol. The number of rotatable bonds is 2. The smallest absolute Gasteiger partial charge is 0.131 e. The summed E-state index contributed by atoms with van der Waals surface area (Å²) < 4.78 is 5.53. The van der Waals surface area contributed by atoms with Crippen LogP contribution in [-0.4, -0.2) is 0 Å². The topological polar surface area (TPSA) is 13.1 Å². The molecule has 0 radical (unpaired) electrons. The maximum atomic E-state index is 5.53. The Balaban J connectivity index is 2.56. The molecule has 0 aliphatic carbocycles. The molecule has 0 atom stereocenters. The molecule has 0 unspecified atom stereocenters. The van der Waals surface area contributed by atoms with Crippen molar-refractivity contribution < 1.29 is 4.42 Å². The minimum atomic E-state index is 1.08. The van der Waals surface area contributed by atoms with Gasteiger partial charge in [-0.2, -0.15) is 0 Å². The molecule has 2 bridgehead atoms. The van der Waals surface area contributed by atoms with E-state index in [0.717, 1.165) is 24.0 Å². The highest BCUT2D eigenvalue weighted by Crippen LogP contribution is 2.27. The van der Waals surface area contributed by atoms with Crippen LogP contribution in [0.4, 0.5) is 0 Å². The Hall–Kier alpha value is -0.980. The molecule has 1 heteroatoms. The summed E-state index contributed by atoms with van der Waals surface area (Å²) in [4.78, 5) is 0. The van der Waals surface area contributed by atoms with E-state index in [9.17, 15) is 0 Å². The molecule has 11 heavy (non-hydrogen) atoms. The maximum absolute atomic E-state index is 5.53. The van der Waals surface area contributed by atoms with Crippen LogP contribution in [0.2, 0.25) is 0 Å². The molecule has 2 aromatic rings. The number of aryl methyl sites for hydroxylation is 2. The molecule has 1 nitrogen and oxygen atoms in total. The molecule has 0 fully saturated rings. The molecular weight excluding hydrogens is 136 g/mol. The predicted octanol–water partition coefficient (Wildman–Crippen LogP) is 3.00. The average Bonchev–Trinajstić information content (AvgIpc) is 2.60. The van der Waals surface area contributed by atoms with Crippen LogP contribution in [0.5, 0.6) is 0 Å². The molecule has 0 saturated carbocycles. The number of furan rings is 2. The normalized spacial score (nSPS) is 11.5. The van der Waals surface area contributed by atoms with Gasteiger partial charge in [-0.15, -0.1) is 0 Å². The summed E-state index contributed by atoms with van der Waals surface area (Å²) in [5, 5.41) is 0. The lowest BCUT2D eigenvalue weighted by atomic mass is 10.1. The van der Waals surface area contributed by atoms with E-state index in [1.807, 2.05) is 0 Å². The molecule has 0 N–H and O–H groups in total. The number of fused-ring (bicyclic) bond motifs is 2. The van der Waals surface area contributed by atoms with Crippen LogP contribution in [-0.2, 0) is 12.8 Å². The number of hydrogen-bond donors (Lipinski definition) is 0. The predicted molar refractivity (Wildman–Crippen MR) is 46.2 cm³/mol. The van der Waals surface area contributed by atoms with Crippen LogP contribution < -0.4 is 0 Å². The van der Waals surface area contributed by atoms with Crippen molar-refractivity contribution in [2.24, 2.45) is 0 Å². The van der Waals surface area contributed by atoms with Crippen molar-refractivity contribution in [2.45, 2.75) is 26.7 Å². The first-order chi connectivity index (χ1) is 5.35. The lowest BCUT2D eigenvalue weighted by Crippen LogP contribution is -1.79. The number of benzene rings is 1. The summed E-state index contributed by atoms with van der Waals surface area (Å²) in [6.07, 6.45) is 2.15. The molecule has 0 aromatic carbocycles.